The highest BCUT2D eigenvalue weighted by atomic mass is 32.1. The van der Waals surface area contributed by atoms with Gasteiger partial charge in [0, 0.05) is 13.1 Å². The molecule has 1 aromatic rings. The molecular weight excluding hydrogens is 224 g/mol. The Kier molecular flexibility index (Phi) is 4.32. The maximum absolute atomic E-state index is 11.1. The van der Waals surface area contributed by atoms with Crippen LogP contribution in [0.2, 0.25) is 0 Å². The molecule has 0 spiro atoms. The first-order valence-electron chi connectivity index (χ1n) is 5.08. The minimum absolute atomic E-state index is 0.293. The average Bonchev–Trinajstić information content (AvgIpc) is 2.64. The summed E-state index contributed by atoms with van der Waals surface area (Å²) in [5.74, 6) is 0.590. The van der Waals surface area contributed by atoms with Crippen molar-refractivity contribution in [2.24, 2.45) is 11.1 Å². The molecule has 1 amide bonds. The van der Waals surface area contributed by atoms with Gasteiger partial charge in [-0.1, -0.05) is 0 Å². The molecule has 0 saturated carbocycles. The van der Waals surface area contributed by atoms with Gasteiger partial charge >= 0.3 is 0 Å². The van der Waals surface area contributed by atoms with Crippen LogP contribution < -0.4 is 15.8 Å². The number of primary amides is 1. The summed E-state index contributed by atoms with van der Waals surface area (Å²) in [5, 5.41) is 5.19. The fraction of sp³-hybridized carbons (Fsp3) is 0.545. The van der Waals surface area contributed by atoms with Gasteiger partial charge in [-0.3, -0.25) is 4.79 Å². The molecule has 0 aromatic carbocycles. The Morgan fingerprint density at radius 1 is 1.62 bits per heavy atom. The van der Waals surface area contributed by atoms with E-state index in [0.29, 0.717) is 13.1 Å². The van der Waals surface area contributed by atoms with Crippen LogP contribution in [-0.2, 0) is 11.3 Å². The lowest BCUT2D eigenvalue weighted by Crippen LogP contribution is -2.40. The van der Waals surface area contributed by atoms with E-state index in [1.54, 1.807) is 18.4 Å². The van der Waals surface area contributed by atoms with E-state index >= 15 is 0 Å². The third kappa shape index (κ3) is 3.21. The molecule has 0 unspecified atom stereocenters. The normalized spacial score (nSPS) is 11.4. The first kappa shape index (κ1) is 13.0. The minimum Gasteiger partial charge on any atom is -0.496 e. The number of hydrogen-bond acceptors (Lipinski definition) is 4. The van der Waals surface area contributed by atoms with Crippen molar-refractivity contribution < 1.29 is 9.53 Å². The standard InChI is InChI=1S/C11H18N2O2S/c1-11(2,10(12)14)7-13-6-9-8(15-3)4-5-16-9/h4-5,13H,6-7H2,1-3H3,(H2,12,14). The number of nitrogens with two attached hydrogens (primary N) is 1. The Labute approximate surface area is 99.8 Å². The molecule has 0 bridgehead atoms. The molecule has 0 aliphatic carbocycles. The number of methoxy groups -OCH3 is 1. The summed E-state index contributed by atoms with van der Waals surface area (Å²) in [6, 6.07) is 1.93. The lowest BCUT2D eigenvalue weighted by Gasteiger charge is -2.20. The van der Waals surface area contributed by atoms with Crippen LogP contribution in [-0.4, -0.2) is 19.6 Å². The fourth-order valence-electron chi connectivity index (χ4n) is 1.22. The zero-order valence-electron chi connectivity index (χ0n) is 9.87. The van der Waals surface area contributed by atoms with Crippen LogP contribution >= 0.6 is 11.3 Å². The van der Waals surface area contributed by atoms with Crippen LogP contribution in [0, 0.1) is 5.41 Å². The molecule has 90 valence electrons. The molecule has 0 atom stereocenters. The van der Waals surface area contributed by atoms with E-state index < -0.39 is 5.41 Å². The molecule has 0 aliphatic rings. The summed E-state index contributed by atoms with van der Waals surface area (Å²) in [6.07, 6.45) is 0. The second-order valence-electron chi connectivity index (χ2n) is 4.26. The van der Waals surface area contributed by atoms with E-state index in [4.69, 9.17) is 10.5 Å². The lowest BCUT2D eigenvalue weighted by atomic mass is 9.93. The predicted molar refractivity (Wildman–Crippen MR) is 65.6 cm³/mol. The van der Waals surface area contributed by atoms with Crippen LogP contribution in [0.5, 0.6) is 5.75 Å². The number of ether oxygens (including phenoxy) is 1. The Balaban J connectivity index is 2.44. The summed E-state index contributed by atoms with van der Waals surface area (Å²) >= 11 is 1.63. The van der Waals surface area contributed by atoms with Crippen LogP contribution in [0.1, 0.15) is 18.7 Å². The van der Waals surface area contributed by atoms with Crippen LogP contribution in [0.25, 0.3) is 0 Å². The number of carbonyl (C=O) groups is 1. The molecule has 3 N–H and O–H groups in total. The van der Waals surface area contributed by atoms with E-state index in [9.17, 15) is 4.79 Å². The molecule has 0 saturated heterocycles. The summed E-state index contributed by atoms with van der Waals surface area (Å²) < 4.78 is 5.19. The monoisotopic (exact) mass is 242 g/mol. The smallest absolute Gasteiger partial charge is 0.224 e. The van der Waals surface area contributed by atoms with Crippen molar-refractivity contribution >= 4 is 17.2 Å². The van der Waals surface area contributed by atoms with Gasteiger partial charge in [0.1, 0.15) is 5.75 Å². The molecule has 5 heteroatoms. The topological polar surface area (TPSA) is 64.3 Å². The number of thiophene rings is 1. The van der Waals surface area contributed by atoms with Gasteiger partial charge in [-0.05, 0) is 25.3 Å². The second kappa shape index (κ2) is 5.32. The molecule has 0 radical (unpaired) electrons. The third-order valence-electron chi connectivity index (χ3n) is 2.44. The fourth-order valence-corrected chi connectivity index (χ4v) is 2.02. The van der Waals surface area contributed by atoms with Gasteiger partial charge < -0.3 is 15.8 Å². The highest BCUT2D eigenvalue weighted by molar-refractivity contribution is 7.10. The number of nitrogens with one attached hydrogen (secondary N) is 1. The van der Waals surface area contributed by atoms with Crippen molar-refractivity contribution in [2.75, 3.05) is 13.7 Å². The summed E-state index contributed by atoms with van der Waals surface area (Å²) in [5.41, 5.74) is 4.76. The number of hydrogen-bond donors (Lipinski definition) is 2. The highest BCUT2D eigenvalue weighted by Gasteiger charge is 2.24. The van der Waals surface area contributed by atoms with Gasteiger partial charge in [-0.15, -0.1) is 11.3 Å². The van der Waals surface area contributed by atoms with E-state index in [0.717, 1.165) is 10.6 Å². The Morgan fingerprint density at radius 3 is 2.88 bits per heavy atom. The van der Waals surface area contributed by atoms with E-state index in [-0.39, 0.29) is 5.91 Å². The zero-order valence-corrected chi connectivity index (χ0v) is 10.7. The third-order valence-corrected chi connectivity index (χ3v) is 3.35. The average molecular weight is 242 g/mol. The first-order chi connectivity index (χ1) is 7.47. The van der Waals surface area contributed by atoms with Crippen molar-refractivity contribution in [3.05, 3.63) is 16.3 Å². The number of amides is 1. The zero-order chi connectivity index (χ0) is 12.2. The molecule has 1 aromatic heterocycles. The predicted octanol–water partition coefficient (Wildman–Crippen LogP) is 1.36. The number of rotatable bonds is 6. The molecular formula is C11H18N2O2S. The van der Waals surface area contributed by atoms with Crippen molar-refractivity contribution in [2.45, 2.75) is 20.4 Å². The SMILES string of the molecule is COc1ccsc1CNCC(C)(C)C(N)=O. The lowest BCUT2D eigenvalue weighted by molar-refractivity contribution is -0.125. The van der Waals surface area contributed by atoms with E-state index in [1.807, 2.05) is 25.3 Å². The quantitative estimate of drug-likeness (QED) is 0.791. The van der Waals surface area contributed by atoms with E-state index in [1.165, 1.54) is 0 Å². The van der Waals surface area contributed by atoms with Crippen LogP contribution in [0.4, 0.5) is 0 Å². The maximum atomic E-state index is 11.1. The largest absolute Gasteiger partial charge is 0.496 e. The highest BCUT2D eigenvalue weighted by Crippen LogP contribution is 2.24. The Morgan fingerprint density at radius 2 is 2.31 bits per heavy atom. The van der Waals surface area contributed by atoms with Crippen LogP contribution in [0.15, 0.2) is 11.4 Å². The Hall–Kier alpha value is -1.07. The van der Waals surface area contributed by atoms with Gasteiger partial charge in [0.05, 0.1) is 17.4 Å². The molecule has 16 heavy (non-hydrogen) atoms. The molecule has 1 heterocycles. The van der Waals surface area contributed by atoms with E-state index in [2.05, 4.69) is 5.32 Å². The Bertz CT molecular complexity index is 361. The minimum atomic E-state index is -0.523. The van der Waals surface area contributed by atoms with Crippen molar-refractivity contribution in [3.63, 3.8) is 0 Å². The van der Waals surface area contributed by atoms with Crippen LogP contribution in [0.3, 0.4) is 0 Å². The second-order valence-corrected chi connectivity index (χ2v) is 5.26. The molecule has 1 rings (SSSR count). The number of carbonyl (C=O) groups excluding carboxylic acids is 1. The maximum Gasteiger partial charge on any atom is 0.224 e. The van der Waals surface area contributed by atoms with Gasteiger partial charge in [-0.2, -0.15) is 0 Å². The summed E-state index contributed by atoms with van der Waals surface area (Å²) in [7, 11) is 1.65. The molecule has 4 nitrogen and oxygen atoms in total. The van der Waals surface area contributed by atoms with Gasteiger partial charge in [-0.25, -0.2) is 0 Å². The van der Waals surface area contributed by atoms with Crippen molar-refractivity contribution in [3.8, 4) is 5.75 Å². The molecule has 0 aliphatic heterocycles. The first-order valence-corrected chi connectivity index (χ1v) is 5.96. The summed E-state index contributed by atoms with van der Waals surface area (Å²) in [4.78, 5) is 12.2. The van der Waals surface area contributed by atoms with Crippen molar-refractivity contribution in [1.29, 1.82) is 0 Å². The van der Waals surface area contributed by atoms with Crippen molar-refractivity contribution in [1.82, 2.24) is 5.32 Å². The summed E-state index contributed by atoms with van der Waals surface area (Å²) in [6.45, 7) is 4.91. The van der Waals surface area contributed by atoms with Gasteiger partial charge in [0.25, 0.3) is 0 Å². The molecule has 0 fully saturated rings. The van der Waals surface area contributed by atoms with Gasteiger partial charge in [0.2, 0.25) is 5.91 Å². The van der Waals surface area contributed by atoms with Gasteiger partial charge in [0.15, 0.2) is 0 Å².